The highest BCUT2D eigenvalue weighted by molar-refractivity contribution is 5.55. The van der Waals surface area contributed by atoms with E-state index in [4.69, 9.17) is 0 Å². The second-order valence-corrected chi connectivity index (χ2v) is 3.04. The van der Waals surface area contributed by atoms with E-state index in [1.165, 1.54) is 0 Å². The molecule has 1 heterocycles. The summed E-state index contributed by atoms with van der Waals surface area (Å²) in [6.07, 6.45) is -0.484. The summed E-state index contributed by atoms with van der Waals surface area (Å²) in [5.41, 5.74) is 1.68. The molecule has 0 fully saturated rings. The van der Waals surface area contributed by atoms with Gasteiger partial charge in [-0.05, 0) is 23.8 Å². The Balaban J connectivity index is 2.41. The van der Waals surface area contributed by atoms with Crippen LogP contribution >= 0.6 is 0 Å². The van der Waals surface area contributed by atoms with E-state index in [1.54, 1.807) is 6.92 Å². The Morgan fingerprint density at radius 3 is 2.93 bits per heavy atom. The molecule has 1 atom stereocenters. The Bertz CT molecular complexity index is 411. The first-order valence-electron chi connectivity index (χ1n) is 4.29. The van der Waals surface area contributed by atoms with Crippen LogP contribution in [0.3, 0.4) is 0 Å². The van der Waals surface area contributed by atoms with Crippen molar-refractivity contribution in [1.29, 1.82) is 0 Å². The summed E-state index contributed by atoms with van der Waals surface area (Å²) in [5.74, 6) is 0.535. The van der Waals surface area contributed by atoms with Crippen molar-refractivity contribution in [3.05, 3.63) is 29.8 Å². The normalized spacial score (nSPS) is 12.7. The summed E-state index contributed by atoms with van der Waals surface area (Å²) in [4.78, 5) is 0. The van der Waals surface area contributed by atoms with Gasteiger partial charge in [0.25, 0.3) is 0 Å². The van der Waals surface area contributed by atoms with Gasteiger partial charge in [-0.2, -0.15) is 5.21 Å². The van der Waals surface area contributed by atoms with Gasteiger partial charge in [-0.3, -0.25) is 0 Å². The molecule has 0 spiro atoms. The molecule has 0 radical (unpaired) electrons. The molecule has 0 amide bonds. The number of hydrogen-bond donors (Lipinski definition) is 2. The van der Waals surface area contributed by atoms with E-state index in [1.807, 2.05) is 24.3 Å². The lowest BCUT2D eigenvalue weighted by Crippen LogP contribution is -1.91. The second-order valence-electron chi connectivity index (χ2n) is 3.04. The quantitative estimate of drug-likeness (QED) is 0.738. The van der Waals surface area contributed by atoms with Crippen LogP contribution in [0, 0.1) is 0 Å². The summed E-state index contributed by atoms with van der Waals surface area (Å²) in [5, 5.41) is 23.0. The third kappa shape index (κ3) is 1.62. The number of nitrogens with one attached hydrogen (secondary N) is 1. The Labute approximate surface area is 80.8 Å². The Kier molecular flexibility index (Phi) is 2.24. The Morgan fingerprint density at radius 2 is 2.29 bits per heavy atom. The van der Waals surface area contributed by atoms with Gasteiger partial charge >= 0.3 is 0 Å². The molecule has 0 saturated heterocycles. The maximum atomic E-state index is 9.38. The third-order valence-corrected chi connectivity index (χ3v) is 1.97. The highest BCUT2D eigenvalue weighted by Crippen LogP contribution is 2.19. The van der Waals surface area contributed by atoms with Crippen LogP contribution in [0.15, 0.2) is 24.3 Å². The SMILES string of the molecule is CC(O)c1cccc(-c2nn[nH]n2)c1. The molecule has 1 aromatic heterocycles. The van der Waals surface area contributed by atoms with Gasteiger partial charge in [0.1, 0.15) is 0 Å². The molecular formula is C9H10N4O. The number of hydrogen-bond acceptors (Lipinski definition) is 4. The zero-order chi connectivity index (χ0) is 9.97. The van der Waals surface area contributed by atoms with Crippen molar-refractivity contribution in [2.24, 2.45) is 0 Å². The molecule has 14 heavy (non-hydrogen) atoms. The van der Waals surface area contributed by atoms with Crippen LogP contribution < -0.4 is 0 Å². The molecule has 1 aromatic carbocycles. The molecule has 0 saturated carbocycles. The summed E-state index contributed by atoms with van der Waals surface area (Å²) in [7, 11) is 0. The lowest BCUT2D eigenvalue weighted by atomic mass is 10.1. The molecule has 5 heteroatoms. The van der Waals surface area contributed by atoms with E-state index < -0.39 is 6.10 Å². The highest BCUT2D eigenvalue weighted by atomic mass is 16.3. The minimum absolute atomic E-state index is 0.484. The fourth-order valence-electron chi connectivity index (χ4n) is 1.22. The predicted octanol–water partition coefficient (Wildman–Crippen LogP) is 0.920. The van der Waals surface area contributed by atoms with Crippen LogP contribution in [-0.2, 0) is 0 Å². The largest absolute Gasteiger partial charge is 0.389 e. The van der Waals surface area contributed by atoms with Crippen molar-refractivity contribution in [3.63, 3.8) is 0 Å². The smallest absolute Gasteiger partial charge is 0.204 e. The lowest BCUT2D eigenvalue weighted by Gasteiger charge is -2.04. The van der Waals surface area contributed by atoms with E-state index in [9.17, 15) is 5.11 Å². The molecule has 72 valence electrons. The number of aromatic nitrogens is 4. The number of tetrazole rings is 1. The average Bonchev–Trinajstić information content (AvgIpc) is 2.71. The number of aromatic amines is 1. The number of aliphatic hydroxyl groups excluding tert-OH is 1. The summed E-state index contributed by atoms with van der Waals surface area (Å²) < 4.78 is 0. The molecule has 2 rings (SSSR count). The van der Waals surface area contributed by atoms with Crippen molar-refractivity contribution in [3.8, 4) is 11.4 Å². The zero-order valence-corrected chi connectivity index (χ0v) is 7.68. The number of nitrogens with zero attached hydrogens (tertiary/aromatic N) is 3. The molecule has 0 aliphatic rings. The van der Waals surface area contributed by atoms with Gasteiger partial charge in [0.05, 0.1) is 6.10 Å². The monoisotopic (exact) mass is 190 g/mol. The van der Waals surface area contributed by atoms with Crippen molar-refractivity contribution >= 4 is 0 Å². The van der Waals surface area contributed by atoms with Gasteiger partial charge in [-0.1, -0.05) is 18.2 Å². The van der Waals surface area contributed by atoms with Crippen LogP contribution in [0.4, 0.5) is 0 Å². The standard InChI is InChI=1S/C9H10N4O/c1-6(14)7-3-2-4-8(5-7)9-10-12-13-11-9/h2-6,14H,1H3,(H,10,11,12,13). The van der Waals surface area contributed by atoms with Crippen LogP contribution in [0.1, 0.15) is 18.6 Å². The topological polar surface area (TPSA) is 74.7 Å². The maximum absolute atomic E-state index is 9.38. The first-order chi connectivity index (χ1) is 6.77. The third-order valence-electron chi connectivity index (χ3n) is 1.97. The van der Waals surface area contributed by atoms with Gasteiger partial charge in [-0.15, -0.1) is 10.2 Å². The predicted molar refractivity (Wildman–Crippen MR) is 50.2 cm³/mol. The minimum Gasteiger partial charge on any atom is -0.389 e. The average molecular weight is 190 g/mol. The zero-order valence-electron chi connectivity index (χ0n) is 7.68. The first-order valence-corrected chi connectivity index (χ1v) is 4.29. The van der Waals surface area contributed by atoms with E-state index in [2.05, 4.69) is 20.6 Å². The van der Waals surface area contributed by atoms with Gasteiger partial charge in [0.15, 0.2) is 0 Å². The van der Waals surface area contributed by atoms with Crippen molar-refractivity contribution in [2.75, 3.05) is 0 Å². The summed E-state index contributed by atoms with van der Waals surface area (Å²) in [6.45, 7) is 1.72. The van der Waals surface area contributed by atoms with E-state index in [-0.39, 0.29) is 0 Å². The first kappa shape index (κ1) is 8.83. The lowest BCUT2D eigenvalue weighted by molar-refractivity contribution is 0.199. The van der Waals surface area contributed by atoms with Crippen LogP contribution in [-0.4, -0.2) is 25.7 Å². The number of rotatable bonds is 2. The number of aliphatic hydroxyl groups is 1. The second kappa shape index (κ2) is 3.55. The Hall–Kier alpha value is -1.75. The molecule has 2 aromatic rings. The molecule has 0 aliphatic heterocycles. The maximum Gasteiger partial charge on any atom is 0.204 e. The molecule has 2 N–H and O–H groups in total. The molecule has 0 bridgehead atoms. The number of H-pyrrole nitrogens is 1. The molecule has 1 unspecified atom stereocenters. The summed E-state index contributed by atoms with van der Waals surface area (Å²) >= 11 is 0. The highest BCUT2D eigenvalue weighted by Gasteiger charge is 2.05. The molecule has 5 nitrogen and oxygen atoms in total. The van der Waals surface area contributed by atoms with E-state index in [0.717, 1.165) is 11.1 Å². The molecular weight excluding hydrogens is 180 g/mol. The van der Waals surface area contributed by atoms with E-state index >= 15 is 0 Å². The van der Waals surface area contributed by atoms with Crippen LogP contribution in [0.2, 0.25) is 0 Å². The number of benzene rings is 1. The van der Waals surface area contributed by atoms with Gasteiger partial charge in [-0.25, -0.2) is 0 Å². The van der Waals surface area contributed by atoms with Gasteiger partial charge < -0.3 is 5.11 Å². The Morgan fingerprint density at radius 1 is 1.43 bits per heavy atom. The van der Waals surface area contributed by atoms with Crippen LogP contribution in [0.5, 0.6) is 0 Å². The van der Waals surface area contributed by atoms with Crippen molar-refractivity contribution in [2.45, 2.75) is 13.0 Å². The van der Waals surface area contributed by atoms with Crippen molar-refractivity contribution in [1.82, 2.24) is 20.6 Å². The van der Waals surface area contributed by atoms with Crippen molar-refractivity contribution < 1.29 is 5.11 Å². The fraction of sp³-hybridized carbons (Fsp3) is 0.222. The van der Waals surface area contributed by atoms with Gasteiger partial charge in [0, 0.05) is 5.56 Å². The minimum atomic E-state index is -0.484. The molecule has 0 aliphatic carbocycles. The van der Waals surface area contributed by atoms with Crippen LogP contribution in [0.25, 0.3) is 11.4 Å². The van der Waals surface area contributed by atoms with E-state index in [0.29, 0.717) is 5.82 Å². The van der Waals surface area contributed by atoms with Gasteiger partial charge in [0.2, 0.25) is 5.82 Å². The fourth-order valence-corrected chi connectivity index (χ4v) is 1.22. The summed E-state index contributed by atoms with van der Waals surface area (Å²) in [6, 6.07) is 7.42.